The van der Waals surface area contributed by atoms with Gasteiger partial charge in [-0.15, -0.1) is 0 Å². The Bertz CT molecular complexity index is 550. The minimum absolute atomic E-state index is 0.776. The first-order valence-corrected chi connectivity index (χ1v) is 6.17. The molecule has 0 atom stereocenters. The largest absolute Gasteiger partial charge is 0.497 e. The number of nitrogens with two attached hydrogens (primary N) is 1. The van der Waals surface area contributed by atoms with E-state index < -0.39 is 0 Å². The molecule has 0 spiro atoms. The van der Waals surface area contributed by atoms with Crippen LogP contribution in [0.3, 0.4) is 0 Å². The minimum atomic E-state index is 0.776. The van der Waals surface area contributed by atoms with Gasteiger partial charge in [-0.1, -0.05) is 0 Å². The van der Waals surface area contributed by atoms with Gasteiger partial charge in [-0.2, -0.15) is 5.10 Å². The lowest BCUT2D eigenvalue weighted by Gasteiger charge is -2.17. The lowest BCUT2D eigenvalue weighted by atomic mass is 10.1. The van der Waals surface area contributed by atoms with Gasteiger partial charge in [-0.25, -0.2) is 0 Å². The van der Waals surface area contributed by atoms with E-state index in [1.165, 1.54) is 5.56 Å². The van der Waals surface area contributed by atoms with E-state index >= 15 is 0 Å². The van der Waals surface area contributed by atoms with Gasteiger partial charge in [0, 0.05) is 37.6 Å². The van der Waals surface area contributed by atoms with Crippen molar-refractivity contribution in [2.75, 3.05) is 19.9 Å². The summed E-state index contributed by atoms with van der Waals surface area (Å²) in [6, 6.07) is 5.74. The molecular formula is C14H20N4O. The van der Waals surface area contributed by atoms with Crippen molar-refractivity contribution in [3.05, 3.63) is 41.7 Å². The van der Waals surface area contributed by atoms with Gasteiger partial charge in [-0.3, -0.25) is 9.58 Å². The summed E-state index contributed by atoms with van der Waals surface area (Å²) in [5, 5.41) is 4.17. The SMILES string of the molecule is COc1ccc(N)c(CN(C)Cc2cnn(C)c2)c1. The van der Waals surface area contributed by atoms with Crippen LogP contribution >= 0.6 is 0 Å². The van der Waals surface area contributed by atoms with Crippen LogP contribution in [0.1, 0.15) is 11.1 Å². The summed E-state index contributed by atoms with van der Waals surface area (Å²) in [7, 11) is 5.64. The van der Waals surface area contributed by atoms with E-state index in [0.717, 1.165) is 30.1 Å². The molecule has 0 amide bonds. The second kappa shape index (κ2) is 5.75. The zero-order valence-electron chi connectivity index (χ0n) is 11.6. The molecule has 1 heterocycles. The molecule has 1 aromatic carbocycles. The number of hydrogen-bond donors (Lipinski definition) is 1. The minimum Gasteiger partial charge on any atom is -0.497 e. The Balaban J connectivity index is 2.03. The van der Waals surface area contributed by atoms with Crippen LogP contribution in [0.2, 0.25) is 0 Å². The number of nitrogen functional groups attached to an aromatic ring is 1. The fourth-order valence-electron chi connectivity index (χ4n) is 2.06. The molecule has 0 fully saturated rings. The van der Waals surface area contributed by atoms with Crippen molar-refractivity contribution in [3.63, 3.8) is 0 Å². The van der Waals surface area contributed by atoms with Gasteiger partial charge in [0.15, 0.2) is 0 Å². The van der Waals surface area contributed by atoms with Crippen LogP contribution in [0, 0.1) is 0 Å². The smallest absolute Gasteiger partial charge is 0.119 e. The van der Waals surface area contributed by atoms with E-state index in [4.69, 9.17) is 10.5 Å². The van der Waals surface area contributed by atoms with E-state index in [1.54, 1.807) is 7.11 Å². The Hall–Kier alpha value is -2.01. The molecular weight excluding hydrogens is 240 g/mol. The van der Waals surface area contributed by atoms with E-state index in [0.29, 0.717) is 0 Å². The molecule has 0 aliphatic carbocycles. The van der Waals surface area contributed by atoms with Crippen LogP contribution in [-0.2, 0) is 20.1 Å². The molecule has 0 radical (unpaired) electrons. The normalized spacial score (nSPS) is 10.9. The molecule has 5 heteroatoms. The molecule has 0 unspecified atom stereocenters. The number of aromatic nitrogens is 2. The summed E-state index contributed by atoms with van der Waals surface area (Å²) in [6.45, 7) is 1.61. The first kappa shape index (κ1) is 13.4. The van der Waals surface area contributed by atoms with E-state index in [1.807, 2.05) is 42.3 Å². The Kier molecular flexibility index (Phi) is 4.06. The quantitative estimate of drug-likeness (QED) is 0.830. The lowest BCUT2D eigenvalue weighted by Crippen LogP contribution is -2.17. The standard InChI is InChI=1S/C14H20N4O/c1-17(8-11-7-16-18(2)9-11)10-12-6-13(19-3)4-5-14(12)15/h4-7,9H,8,10,15H2,1-3H3. The highest BCUT2D eigenvalue weighted by atomic mass is 16.5. The summed E-state index contributed by atoms with van der Waals surface area (Å²) in [5.74, 6) is 0.832. The number of hydrogen-bond acceptors (Lipinski definition) is 4. The molecule has 2 N–H and O–H groups in total. The third-order valence-electron chi connectivity index (χ3n) is 3.00. The third-order valence-corrected chi connectivity index (χ3v) is 3.00. The zero-order valence-corrected chi connectivity index (χ0v) is 11.6. The number of methoxy groups -OCH3 is 1. The highest BCUT2D eigenvalue weighted by Crippen LogP contribution is 2.21. The molecule has 19 heavy (non-hydrogen) atoms. The van der Waals surface area contributed by atoms with Crippen molar-refractivity contribution < 1.29 is 4.74 Å². The van der Waals surface area contributed by atoms with Gasteiger partial charge in [0.1, 0.15) is 5.75 Å². The average Bonchev–Trinajstić information content (AvgIpc) is 2.77. The van der Waals surface area contributed by atoms with Crippen molar-refractivity contribution in [1.29, 1.82) is 0 Å². The molecule has 2 rings (SSSR count). The first-order chi connectivity index (χ1) is 9.08. The maximum atomic E-state index is 5.99. The number of nitrogens with zero attached hydrogens (tertiary/aromatic N) is 3. The number of anilines is 1. The van der Waals surface area contributed by atoms with Crippen LogP contribution in [0.25, 0.3) is 0 Å². The molecule has 1 aromatic heterocycles. The number of benzene rings is 1. The molecule has 102 valence electrons. The molecule has 0 saturated heterocycles. The van der Waals surface area contributed by atoms with Gasteiger partial charge in [0.2, 0.25) is 0 Å². The van der Waals surface area contributed by atoms with Crippen LogP contribution in [0.15, 0.2) is 30.6 Å². The predicted octanol–water partition coefficient (Wildman–Crippen LogP) is 1.64. The Labute approximate surface area is 113 Å². The Morgan fingerprint density at radius 1 is 1.37 bits per heavy atom. The summed E-state index contributed by atoms with van der Waals surface area (Å²) in [6.07, 6.45) is 3.90. The molecule has 0 bridgehead atoms. The summed E-state index contributed by atoms with van der Waals surface area (Å²) in [4.78, 5) is 2.20. The predicted molar refractivity (Wildman–Crippen MR) is 75.8 cm³/mol. The highest BCUT2D eigenvalue weighted by molar-refractivity contribution is 5.50. The fraction of sp³-hybridized carbons (Fsp3) is 0.357. The number of rotatable bonds is 5. The maximum absolute atomic E-state index is 5.99. The lowest BCUT2D eigenvalue weighted by molar-refractivity contribution is 0.318. The Morgan fingerprint density at radius 3 is 2.79 bits per heavy atom. The van der Waals surface area contributed by atoms with Gasteiger partial charge < -0.3 is 10.5 Å². The van der Waals surface area contributed by atoms with Gasteiger partial charge >= 0.3 is 0 Å². The molecule has 0 aliphatic heterocycles. The first-order valence-electron chi connectivity index (χ1n) is 6.17. The Morgan fingerprint density at radius 2 is 2.16 bits per heavy atom. The van der Waals surface area contributed by atoms with Crippen LogP contribution in [0.4, 0.5) is 5.69 Å². The summed E-state index contributed by atoms with van der Waals surface area (Å²) >= 11 is 0. The van der Waals surface area contributed by atoms with E-state index in [-0.39, 0.29) is 0 Å². The number of ether oxygens (including phenoxy) is 1. The highest BCUT2D eigenvalue weighted by Gasteiger charge is 2.07. The molecule has 5 nitrogen and oxygen atoms in total. The second-order valence-electron chi connectivity index (χ2n) is 4.76. The summed E-state index contributed by atoms with van der Waals surface area (Å²) < 4.78 is 7.03. The average molecular weight is 260 g/mol. The van der Waals surface area contributed by atoms with Crippen molar-refractivity contribution in [1.82, 2.24) is 14.7 Å². The van der Waals surface area contributed by atoms with E-state index in [9.17, 15) is 0 Å². The maximum Gasteiger partial charge on any atom is 0.119 e. The van der Waals surface area contributed by atoms with Crippen LogP contribution < -0.4 is 10.5 Å². The number of aryl methyl sites for hydroxylation is 1. The van der Waals surface area contributed by atoms with Crippen LogP contribution in [0.5, 0.6) is 5.75 Å². The fourth-order valence-corrected chi connectivity index (χ4v) is 2.06. The molecule has 0 aliphatic rings. The topological polar surface area (TPSA) is 56.3 Å². The van der Waals surface area contributed by atoms with Gasteiger partial charge in [-0.05, 0) is 30.8 Å². The van der Waals surface area contributed by atoms with Crippen LogP contribution in [-0.4, -0.2) is 28.8 Å². The molecule has 2 aromatic rings. The van der Waals surface area contributed by atoms with Crippen molar-refractivity contribution in [2.45, 2.75) is 13.1 Å². The molecule has 0 saturated carbocycles. The van der Waals surface area contributed by atoms with Crippen molar-refractivity contribution >= 4 is 5.69 Å². The van der Waals surface area contributed by atoms with Gasteiger partial charge in [0.05, 0.1) is 13.3 Å². The third kappa shape index (κ3) is 3.48. The van der Waals surface area contributed by atoms with Crippen molar-refractivity contribution in [3.8, 4) is 5.75 Å². The van der Waals surface area contributed by atoms with Crippen molar-refractivity contribution in [2.24, 2.45) is 7.05 Å². The van der Waals surface area contributed by atoms with E-state index in [2.05, 4.69) is 17.0 Å². The second-order valence-corrected chi connectivity index (χ2v) is 4.76. The van der Waals surface area contributed by atoms with Gasteiger partial charge in [0.25, 0.3) is 0 Å². The monoisotopic (exact) mass is 260 g/mol. The zero-order chi connectivity index (χ0) is 13.8. The summed E-state index contributed by atoms with van der Waals surface area (Å²) in [5.41, 5.74) is 9.04.